The Hall–Kier alpha value is -4.58. The average molecular weight is 447 g/mol. The third-order valence-electron chi connectivity index (χ3n) is 6.47. The molecular formula is C28H21N3O3. The van der Waals surface area contributed by atoms with E-state index in [0.717, 1.165) is 5.57 Å². The van der Waals surface area contributed by atoms with Gasteiger partial charge < -0.3 is 15.0 Å². The van der Waals surface area contributed by atoms with E-state index < -0.39 is 5.56 Å². The Morgan fingerprint density at radius 2 is 1.62 bits per heavy atom. The molecule has 3 heterocycles. The second-order valence-electron chi connectivity index (χ2n) is 8.43. The smallest absolute Gasteiger partial charge is 0.267 e. The molecule has 0 saturated heterocycles. The van der Waals surface area contributed by atoms with Crippen LogP contribution in [0.3, 0.4) is 0 Å². The zero-order valence-corrected chi connectivity index (χ0v) is 18.4. The molecule has 1 atom stereocenters. The van der Waals surface area contributed by atoms with Crippen molar-refractivity contribution in [2.24, 2.45) is 7.05 Å². The number of hydrogen-bond acceptors (Lipinski definition) is 4. The summed E-state index contributed by atoms with van der Waals surface area (Å²) in [5.74, 6) is -0.211. The predicted molar refractivity (Wildman–Crippen MR) is 136 cm³/mol. The number of hydrogen-bond donors (Lipinski definition) is 2. The van der Waals surface area contributed by atoms with Crippen LogP contribution in [-0.4, -0.2) is 20.3 Å². The van der Waals surface area contributed by atoms with Crippen molar-refractivity contribution in [1.29, 1.82) is 0 Å². The number of fused-ring (bicyclic) bond motifs is 4. The number of aryl methyl sites for hydroxylation is 1. The molecule has 2 N–H and O–H groups in total. The number of para-hydroxylation sites is 1. The van der Waals surface area contributed by atoms with Crippen LogP contribution in [0.4, 0.5) is 5.69 Å². The van der Waals surface area contributed by atoms with Crippen LogP contribution in [0.25, 0.3) is 33.8 Å². The van der Waals surface area contributed by atoms with Gasteiger partial charge in [0.05, 0.1) is 39.4 Å². The minimum Gasteiger partial charge on any atom is -0.494 e. The van der Waals surface area contributed by atoms with Crippen molar-refractivity contribution in [1.82, 2.24) is 9.13 Å². The van der Waals surface area contributed by atoms with Crippen LogP contribution in [0, 0.1) is 0 Å². The number of allylic oxidation sites excluding steroid dienone is 2. The highest BCUT2D eigenvalue weighted by atomic mass is 16.3. The van der Waals surface area contributed by atoms with Gasteiger partial charge in [-0.1, -0.05) is 72.8 Å². The molecule has 0 saturated carbocycles. The summed E-state index contributed by atoms with van der Waals surface area (Å²) >= 11 is 0. The summed E-state index contributed by atoms with van der Waals surface area (Å²) in [5.41, 5.74) is 3.26. The normalized spacial score (nSPS) is 16.0. The maximum atomic E-state index is 13.9. The van der Waals surface area contributed by atoms with Gasteiger partial charge in [0, 0.05) is 7.05 Å². The molecular weight excluding hydrogens is 426 g/mol. The van der Waals surface area contributed by atoms with E-state index in [-0.39, 0.29) is 17.5 Å². The van der Waals surface area contributed by atoms with Crippen LogP contribution in [0.2, 0.25) is 0 Å². The van der Waals surface area contributed by atoms with Gasteiger partial charge in [-0.2, -0.15) is 0 Å². The van der Waals surface area contributed by atoms with Gasteiger partial charge in [-0.15, -0.1) is 0 Å². The maximum Gasteiger partial charge on any atom is 0.267 e. The molecule has 0 bridgehead atoms. The van der Waals surface area contributed by atoms with Gasteiger partial charge in [0.25, 0.3) is 11.1 Å². The largest absolute Gasteiger partial charge is 0.494 e. The van der Waals surface area contributed by atoms with Gasteiger partial charge in [0.2, 0.25) is 5.88 Å². The Kier molecular flexibility index (Phi) is 4.42. The Labute approximate surface area is 195 Å². The van der Waals surface area contributed by atoms with Crippen molar-refractivity contribution in [2.45, 2.75) is 6.04 Å². The van der Waals surface area contributed by atoms with E-state index in [9.17, 15) is 14.7 Å². The number of rotatable bonds is 2. The molecule has 2 aliphatic rings. The van der Waals surface area contributed by atoms with E-state index in [0.29, 0.717) is 39.0 Å². The number of pyridine rings is 2. The van der Waals surface area contributed by atoms with E-state index in [4.69, 9.17) is 0 Å². The lowest BCUT2D eigenvalue weighted by atomic mass is 9.92. The number of aromatic nitrogens is 2. The van der Waals surface area contributed by atoms with Crippen molar-refractivity contribution in [3.8, 4) is 22.7 Å². The Morgan fingerprint density at radius 3 is 2.35 bits per heavy atom. The second-order valence-corrected chi connectivity index (χ2v) is 8.43. The highest BCUT2D eigenvalue weighted by Crippen LogP contribution is 2.40. The number of nitrogens with one attached hydrogen (secondary N) is 1. The first kappa shape index (κ1) is 20.1. The highest BCUT2D eigenvalue weighted by molar-refractivity contribution is 6.07. The first-order chi connectivity index (χ1) is 16.6. The number of benzene rings is 2. The van der Waals surface area contributed by atoms with Gasteiger partial charge in [-0.25, -0.2) is 4.57 Å². The van der Waals surface area contributed by atoms with E-state index in [1.54, 1.807) is 19.2 Å². The zero-order valence-electron chi connectivity index (χ0n) is 18.4. The van der Waals surface area contributed by atoms with Gasteiger partial charge in [0.15, 0.2) is 0 Å². The van der Waals surface area contributed by atoms with Gasteiger partial charge >= 0.3 is 0 Å². The van der Waals surface area contributed by atoms with Crippen molar-refractivity contribution >= 4 is 22.7 Å². The molecule has 6 nitrogen and oxygen atoms in total. The molecule has 6 rings (SSSR count). The Bertz CT molecular complexity index is 1670. The molecule has 0 spiro atoms. The topological polar surface area (TPSA) is 76.3 Å². The fourth-order valence-electron chi connectivity index (χ4n) is 4.86. The standard InChI is InChI=1S/C28H21N3O3/c1-30-25-22(17-10-4-2-5-11-17)27(33)31(19-13-6-3-7-14-19)28(34)23(25)24-20(26(30)32)16-18-12-8-9-15-21(18)29-24/h2-16,21,29,34H,1H3. The van der Waals surface area contributed by atoms with Gasteiger partial charge in [-0.05, 0) is 29.3 Å². The fourth-order valence-corrected chi connectivity index (χ4v) is 4.86. The molecule has 1 aliphatic heterocycles. The SMILES string of the molecule is Cn1c(=O)c2c(c3c(O)n(-c4ccccc4)c(=O)c(-c4ccccc4)c31)NC1C=CC=CC1=C2. The summed E-state index contributed by atoms with van der Waals surface area (Å²) in [5, 5.41) is 15.4. The number of anilines is 1. The average Bonchev–Trinajstić information content (AvgIpc) is 2.87. The number of nitrogens with zero attached hydrogens (tertiary/aromatic N) is 2. The molecule has 0 fully saturated rings. The molecule has 34 heavy (non-hydrogen) atoms. The van der Waals surface area contributed by atoms with Crippen LogP contribution >= 0.6 is 0 Å². The zero-order chi connectivity index (χ0) is 23.4. The van der Waals surface area contributed by atoms with Crippen LogP contribution in [0.1, 0.15) is 5.56 Å². The summed E-state index contributed by atoms with van der Waals surface area (Å²) in [6, 6.07) is 18.2. The molecule has 0 amide bonds. The van der Waals surface area contributed by atoms with E-state index in [1.807, 2.05) is 78.9 Å². The summed E-state index contributed by atoms with van der Waals surface area (Å²) in [4.78, 5) is 27.4. The van der Waals surface area contributed by atoms with E-state index in [1.165, 1.54) is 9.13 Å². The fraction of sp³-hybridized carbons (Fsp3) is 0.0714. The monoisotopic (exact) mass is 447 g/mol. The van der Waals surface area contributed by atoms with Gasteiger partial charge in [-0.3, -0.25) is 9.59 Å². The lowest BCUT2D eigenvalue weighted by Gasteiger charge is -2.28. The van der Waals surface area contributed by atoms with Gasteiger partial charge in [0.1, 0.15) is 0 Å². The summed E-state index contributed by atoms with van der Waals surface area (Å²) in [6.07, 6.45) is 9.69. The van der Waals surface area contributed by atoms with Crippen LogP contribution in [0.15, 0.2) is 100 Å². The third kappa shape index (κ3) is 2.82. The number of aromatic hydroxyl groups is 1. The van der Waals surface area contributed by atoms with E-state index in [2.05, 4.69) is 5.32 Å². The molecule has 166 valence electrons. The first-order valence-electron chi connectivity index (χ1n) is 11.0. The Balaban J connectivity index is 1.84. The molecule has 2 aromatic carbocycles. The highest BCUT2D eigenvalue weighted by Gasteiger charge is 2.29. The molecule has 1 unspecified atom stereocenters. The van der Waals surface area contributed by atoms with Crippen LogP contribution in [0.5, 0.6) is 5.88 Å². The minimum absolute atomic E-state index is 0.135. The summed E-state index contributed by atoms with van der Waals surface area (Å²) in [7, 11) is 1.64. The minimum atomic E-state index is -0.398. The van der Waals surface area contributed by atoms with E-state index >= 15 is 0 Å². The first-order valence-corrected chi connectivity index (χ1v) is 11.0. The molecule has 6 heteroatoms. The molecule has 1 aliphatic carbocycles. The van der Waals surface area contributed by atoms with Crippen molar-refractivity contribution in [3.05, 3.63) is 117 Å². The molecule has 0 radical (unpaired) electrons. The molecule has 2 aromatic heterocycles. The van der Waals surface area contributed by atoms with Crippen LogP contribution in [-0.2, 0) is 7.05 Å². The summed E-state index contributed by atoms with van der Waals surface area (Å²) in [6.45, 7) is 0. The lowest BCUT2D eigenvalue weighted by Crippen LogP contribution is -2.32. The van der Waals surface area contributed by atoms with Crippen LogP contribution < -0.4 is 16.4 Å². The summed E-state index contributed by atoms with van der Waals surface area (Å²) < 4.78 is 2.78. The van der Waals surface area contributed by atoms with Crippen molar-refractivity contribution in [3.63, 3.8) is 0 Å². The Morgan fingerprint density at radius 1 is 0.912 bits per heavy atom. The van der Waals surface area contributed by atoms with Crippen molar-refractivity contribution in [2.75, 3.05) is 5.32 Å². The second kappa shape index (κ2) is 7.49. The lowest BCUT2D eigenvalue weighted by molar-refractivity contribution is 0.442. The quantitative estimate of drug-likeness (QED) is 0.479. The maximum absolute atomic E-state index is 13.9. The molecule has 4 aromatic rings. The third-order valence-corrected chi connectivity index (χ3v) is 6.47. The predicted octanol–water partition coefficient (Wildman–Crippen LogP) is 4.37. The van der Waals surface area contributed by atoms with Crippen molar-refractivity contribution < 1.29 is 5.11 Å².